The molecule has 2 aromatic rings. The molecule has 96 valence electrons. The van der Waals surface area contributed by atoms with Crippen LogP contribution in [-0.4, -0.2) is 16.0 Å². The van der Waals surface area contributed by atoms with Gasteiger partial charge in [0.2, 0.25) is 0 Å². The fourth-order valence-electron chi connectivity index (χ4n) is 2.06. The standard InChI is InChI=1S/C14H19N3S/c1-10(14-9-17(3)16-11(14)2)15-12-5-7-13(18-4)8-6-12/h5-10,15H,1-4H3. The van der Waals surface area contributed by atoms with Crippen molar-refractivity contribution in [1.29, 1.82) is 0 Å². The molecule has 1 aromatic carbocycles. The highest BCUT2D eigenvalue weighted by Gasteiger charge is 2.11. The van der Waals surface area contributed by atoms with E-state index in [1.54, 1.807) is 11.8 Å². The van der Waals surface area contributed by atoms with Crippen LogP contribution in [0, 0.1) is 6.92 Å². The molecule has 1 atom stereocenters. The van der Waals surface area contributed by atoms with Crippen LogP contribution >= 0.6 is 11.8 Å². The molecule has 1 N–H and O–H groups in total. The van der Waals surface area contributed by atoms with Crippen LogP contribution in [0.3, 0.4) is 0 Å². The molecule has 1 heterocycles. The van der Waals surface area contributed by atoms with Crippen molar-refractivity contribution in [3.05, 3.63) is 41.7 Å². The number of nitrogens with one attached hydrogen (secondary N) is 1. The average Bonchev–Trinajstić information content (AvgIpc) is 2.69. The van der Waals surface area contributed by atoms with E-state index in [4.69, 9.17) is 0 Å². The molecule has 0 fully saturated rings. The van der Waals surface area contributed by atoms with Crippen LogP contribution in [0.15, 0.2) is 35.4 Å². The summed E-state index contributed by atoms with van der Waals surface area (Å²) in [5.41, 5.74) is 3.47. The van der Waals surface area contributed by atoms with Gasteiger partial charge in [0.25, 0.3) is 0 Å². The minimum atomic E-state index is 0.263. The van der Waals surface area contributed by atoms with Gasteiger partial charge in [-0.1, -0.05) is 0 Å². The molecule has 0 bridgehead atoms. The van der Waals surface area contributed by atoms with E-state index in [0.717, 1.165) is 11.4 Å². The fourth-order valence-corrected chi connectivity index (χ4v) is 2.47. The lowest BCUT2D eigenvalue weighted by Crippen LogP contribution is -2.06. The third kappa shape index (κ3) is 2.88. The van der Waals surface area contributed by atoms with Crippen LogP contribution in [0.2, 0.25) is 0 Å². The van der Waals surface area contributed by atoms with Gasteiger partial charge in [0.15, 0.2) is 0 Å². The lowest BCUT2D eigenvalue weighted by atomic mass is 10.1. The van der Waals surface area contributed by atoms with Crippen LogP contribution in [-0.2, 0) is 7.05 Å². The molecule has 0 saturated carbocycles. The number of nitrogens with zero attached hydrogens (tertiary/aromatic N) is 2. The number of anilines is 1. The molecule has 0 aliphatic rings. The summed E-state index contributed by atoms with van der Waals surface area (Å²) in [5.74, 6) is 0. The molecular weight excluding hydrogens is 242 g/mol. The molecular formula is C14H19N3S. The Kier molecular flexibility index (Phi) is 3.97. The zero-order valence-corrected chi connectivity index (χ0v) is 12.1. The number of benzene rings is 1. The van der Waals surface area contributed by atoms with Crippen molar-refractivity contribution in [1.82, 2.24) is 9.78 Å². The molecule has 1 unspecified atom stereocenters. The van der Waals surface area contributed by atoms with Crippen LogP contribution in [0.5, 0.6) is 0 Å². The van der Waals surface area contributed by atoms with E-state index in [-0.39, 0.29) is 6.04 Å². The number of aromatic nitrogens is 2. The lowest BCUT2D eigenvalue weighted by Gasteiger charge is -2.14. The molecule has 3 nitrogen and oxygen atoms in total. The van der Waals surface area contributed by atoms with Crippen molar-refractivity contribution in [2.75, 3.05) is 11.6 Å². The highest BCUT2D eigenvalue weighted by molar-refractivity contribution is 7.98. The smallest absolute Gasteiger partial charge is 0.0646 e. The van der Waals surface area contributed by atoms with E-state index in [9.17, 15) is 0 Å². The third-order valence-corrected chi connectivity index (χ3v) is 3.73. The number of hydrogen-bond acceptors (Lipinski definition) is 3. The first-order chi connectivity index (χ1) is 8.60. The molecule has 1 aromatic heterocycles. The Hall–Kier alpha value is -1.42. The highest BCUT2D eigenvalue weighted by atomic mass is 32.2. The summed E-state index contributed by atoms with van der Waals surface area (Å²) in [7, 11) is 1.95. The Morgan fingerprint density at radius 3 is 2.44 bits per heavy atom. The Balaban J connectivity index is 2.10. The van der Waals surface area contributed by atoms with Crippen molar-refractivity contribution >= 4 is 17.4 Å². The predicted octanol–water partition coefficient (Wildman–Crippen LogP) is 3.62. The first-order valence-electron chi connectivity index (χ1n) is 6.01. The van der Waals surface area contributed by atoms with Crippen molar-refractivity contribution in [3.63, 3.8) is 0 Å². The monoisotopic (exact) mass is 261 g/mol. The van der Waals surface area contributed by atoms with Gasteiger partial charge in [-0.05, 0) is 44.4 Å². The van der Waals surface area contributed by atoms with Gasteiger partial charge in [-0.3, -0.25) is 4.68 Å². The van der Waals surface area contributed by atoms with Gasteiger partial charge in [0, 0.05) is 29.4 Å². The Labute approximate surface area is 113 Å². The van der Waals surface area contributed by atoms with Gasteiger partial charge in [0.1, 0.15) is 0 Å². The number of thioether (sulfide) groups is 1. The van der Waals surface area contributed by atoms with Crippen molar-refractivity contribution in [3.8, 4) is 0 Å². The maximum atomic E-state index is 4.37. The average molecular weight is 261 g/mol. The summed E-state index contributed by atoms with van der Waals surface area (Å²) in [6.45, 7) is 4.21. The van der Waals surface area contributed by atoms with Crippen molar-refractivity contribution in [2.24, 2.45) is 7.05 Å². The van der Waals surface area contributed by atoms with E-state index in [0.29, 0.717) is 0 Å². The quantitative estimate of drug-likeness (QED) is 0.852. The Morgan fingerprint density at radius 2 is 1.94 bits per heavy atom. The van der Waals surface area contributed by atoms with Gasteiger partial charge in [-0.2, -0.15) is 5.10 Å². The van der Waals surface area contributed by atoms with Gasteiger partial charge < -0.3 is 5.32 Å². The van der Waals surface area contributed by atoms with E-state index in [2.05, 4.69) is 54.1 Å². The van der Waals surface area contributed by atoms with Crippen LogP contribution in [0.4, 0.5) is 5.69 Å². The molecule has 0 amide bonds. The highest BCUT2D eigenvalue weighted by Crippen LogP contribution is 2.23. The second kappa shape index (κ2) is 5.48. The molecule has 0 aliphatic heterocycles. The molecule has 0 saturated heterocycles. The third-order valence-electron chi connectivity index (χ3n) is 2.99. The summed E-state index contributed by atoms with van der Waals surface area (Å²) < 4.78 is 1.86. The van der Waals surface area contributed by atoms with Crippen LogP contribution < -0.4 is 5.32 Å². The molecule has 4 heteroatoms. The first-order valence-corrected chi connectivity index (χ1v) is 7.23. The Bertz CT molecular complexity index is 516. The largest absolute Gasteiger partial charge is 0.378 e. The molecule has 18 heavy (non-hydrogen) atoms. The lowest BCUT2D eigenvalue weighted by molar-refractivity contribution is 0.756. The summed E-state index contributed by atoms with van der Waals surface area (Å²) >= 11 is 1.76. The zero-order valence-electron chi connectivity index (χ0n) is 11.3. The topological polar surface area (TPSA) is 29.9 Å². The SMILES string of the molecule is CSc1ccc(NC(C)c2cn(C)nc2C)cc1. The molecule has 2 rings (SSSR count). The number of rotatable bonds is 4. The molecule has 0 spiro atoms. The van der Waals surface area contributed by atoms with E-state index in [1.165, 1.54) is 10.5 Å². The molecule has 0 aliphatic carbocycles. The fraction of sp³-hybridized carbons (Fsp3) is 0.357. The first kappa shape index (κ1) is 13.0. The zero-order chi connectivity index (χ0) is 13.1. The van der Waals surface area contributed by atoms with Gasteiger partial charge >= 0.3 is 0 Å². The summed E-state index contributed by atoms with van der Waals surface area (Å²) in [5, 5.41) is 7.88. The van der Waals surface area contributed by atoms with Gasteiger partial charge in [-0.25, -0.2) is 0 Å². The van der Waals surface area contributed by atoms with Crippen molar-refractivity contribution in [2.45, 2.75) is 24.8 Å². The second-order valence-electron chi connectivity index (χ2n) is 4.44. The predicted molar refractivity (Wildman–Crippen MR) is 78.2 cm³/mol. The van der Waals surface area contributed by atoms with Crippen molar-refractivity contribution < 1.29 is 0 Å². The maximum absolute atomic E-state index is 4.37. The second-order valence-corrected chi connectivity index (χ2v) is 5.32. The number of hydrogen-bond donors (Lipinski definition) is 1. The Morgan fingerprint density at radius 1 is 1.28 bits per heavy atom. The minimum Gasteiger partial charge on any atom is -0.378 e. The summed E-state index contributed by atoms with van der Waals surface area (Å²) in [4.78, 5) is 1.28. The van der Waals surface area contributed by atoms with Crippen LogP contribution in [0.25, 0.3) is 0 Å². The maximum Gasteiger partial charge on any atom is 0.0646 e. The van der Waals surface area contributed by atoms with E-state index < -0.39 is 0 Å². The minimum absolute atomic E-state index is 0.263. The van der Waals surface area contributed by atoms with Gasteiger partial charge in [-0.15, -0.1) is 11.8 Å². The van der Waals surface area contributed by atoms with E-state index in [1.807, 2.05) is 18.7 Å². The van der Waals surface area contributed by atoms with Crippen LogP contribution in [0.1, 0.15) is 24.2 Å². The van der Waals surface area contributed by atoms with Gasteiger partial charge in [0.05, 0.1) is 11.7 Å². The molecule has 0 radical (unpaired) electrons. The number of aryl methyl sites for hydroxylation is 2. The van der Waals surface area contributed by atoms with E-state index >= 15 is 0 Å². The normalized spacial score (nSPS) is 12.4. The summed E-state index contributed by atoms with van der Waals surface area (Å²) in [6.07, 6.45) is 4.16. The summed E-state index contributed by atoms with van der Waals surface area (Å²) in [6, 6.07) is 8.77.